The summed E-state index contributed by atoms with van der Waals surface area (Å²) in [5.41, 5.74) is 3.72. The molecule has 0 saturated carbocycles. The van der Waals surface area contributed by atoms with E-state index in [1.54, 1.807) is 19.1 Å². The van der Waals surface area contributed by atoms with Gasteiger partial charge in [-0.05, 0) is 57.5 Å². The molecule has 1 aromatic carbocycles. The van der Waals surface area contributed by atoms with Crippen LogP contribution in [-0.2, 0) is 0 Å². The molecule has 1 atom stereocenters. The van der Waals surface area contributed by atoms with E-state index in [-0.39, 0.29) is 11.9 Å². The summed E-state index contributed by atoms with van der Waals surface area (Å²) in [5, 5.41) is 8.24. The number of nitrogens with zero attached hydrogens (tertiary/aromatic N) is 2. The van der Waals surface area contributed by atoms with E-state index in [4.69, 9.17) is 20.5 Å². The molecule has 0 fully saturated rings. The molecule has 1 N–H and O–H groups in total. The predicted molar refractivity (Wildman–Crippen MR) is 111 cm³/mol. The minimum atomic E-state index is -0.240. The molecule has 6 nitrogen and oxygen atoms in total. The highest BCUT2D eigenvalue weighted by molar-refractivity contribution is 6.30. The summed E-state index contributed by atoms with van der Waals surface area (Å²) in [6.07, 6.45) is 0. The second-order valence-corrected chi connectivity index (χ2v) is 7.52. The van der Waals surface area contributed by atoms with E-state index >= 15 is 0 Å². The van der Waals surface area contributed by atoms with Gasteiger partial charge in [-0.25, -0.2) is 4.98 Å². The zero-order chi connectivity index (χ0) is 20.7. The maximum atomic E-state index is 13.2. The van der Waals surface area contributed by atoms with Crippen LogP contribution in [-0.4, -0.2) is 16.0 Å². The van der Waals surface area contributed by atoms with Crippen LogP contribution in [0.1, 0.15) is 46.1 Å². The summed E-state index contributed by atoms with van der Waals surface area (Å²) in [6.45, 7) is 7.43. The van der Waals surface area contributed by atoms with Crippen molar-refractivity contribution in [3.8, 4) is 11.3 Å². The molecule has 1 unspecified atom stereocenters. The Bertz CT molecular complexity index is 1230. The van der Waals surface area contributed by atoms with E-state index in [0.717, 1.165) is 22.6 Å². The first-order valence-corrected chi connectivity index (χ1v) is 9.62. The van der Waals surface area contributed by atoms with Gasteiger partial charge in [-0.3, -0.25) is 4.79 Å². The van der Waals surface area contributed by atoms with Crippen molar-refractivity contribution in [2.24, 2.45) is 0 Å². The average molecular weight is 410 g/mol. The number of fused-ring (bicyclic) bond motifs is 1. The molecule has 0 bridgehead atoms. The molecular weight excluding hydrogens is 390 g/mol. The number of furan rings is 1. The van der Waals surface area contributed by atoms with E-state index < -0.39 is 0 Å². The maximum absolute atomic E-state index is 13.2. The summed E-state index contributed by atoms with van der Waals surface area (Å²) in [6, 6.07) is 10.8. The van der Waals surface area contributed by atoms with Gasteiger partial charge < -0.3 is 14.3 Å². The number of halogens is 1. The summed E-state index contributed by atoms with van der Waals surface area (Å²) in [5.74, 6) is 1.26. The second kappa shape index (κ2) is 7.37. The first-order chi connectivity index (χ1) is 13.8. The summed E-state index contributed by atoms with van der Waals surface area (Å²) in [4.78, 5) is 17.7. The van der Waals surface area contributed by atoms with Crippen molar-refractivity contribution < 1.29 is 13.7 Å². The molecule has 0 aliphatic carbocycles. The Balaban J connectivity index is 1.76. The highest BCUT2D eigenvalue weighted by Crippen LogP contribution is 2.30. The Kier molecular flexibility index (Phi) is 4.88. The first-order valence-electron chi connectivity index (χ1n) is 9.24. The van der Waals surface area contributed by atoms with Crippen molar-refractivity contribution in [3.05, 3.63) is 69.8 Å². The largest absolute Gasteiger partial charge is 0.466 e. The van der Waals surface area contributed by atoms with Gasteiger partial charge in [0, 0.05) is 10.6 Å². The third-order valence-electron chi connectivity index (χ3n) is 4.87. The van der Waals surface area contributed by atoms with Gasteiger partial charge >= 0.3 is 0 Å². The lowest BCUT2D eigenvalue weighted by atomic mass is 10.0. The quantitative estimate of drug-likeness (QED) is 0.477. The molecule has 148 valence electrons. The Morgan fingerprint density at radius 3 is 2.66 bits per heavy atom. The van der Waals surface area contributed by atoms with Gasteiger partial charge in [0.2, 0.25) is 0 Å². The smallest absolute Gasteiger partial charge is 0.259 e. The average Bonchev–Trinajstić information content (AvgIpc) is 3.22. The molecule has 0 spiro atoms. The first kappa shape index (κ1) is 19.2. The fraction of sp³-hybridized carbons (Fsp3) is 0.227. The minimum Gasteiger partial charge on any atom is -0.466 e. The number of hydrogen-bond donors (Lipinski definition) is 1. The number of aryl methyl sites for hydroxylation is 3. The minimum absolute atomic E-state index is 0.231. The number of carbonyl (C=O) groups excluding carboxylic acids is 1. The van der Waals surface area contributed by atoms with Crippen LogP contribution in [0.25, 0.3) is 22.4 Å². The molecule has 4 aromatic rings. The lowest BCUT2D eigenvalue weighted by Gasteiger charge is -2.15. The van der Waals surface area contributed by atoms with Crippen LogP contribution in [0, 0.1) is 20.8 Å². The zero-order valence-electron chi connectivity index (χ0n) is 16.5. The van der Waals surface area contributed by atoms with Crippen LogP contribution in [0.3, 0.4) is 0 Å². The van der Waals surface area contributed by atoms with Crippen molar-refractivity contribution in [2.45, 2.75) is 33.7 Å². The highest BCUT2D eigenvalue weighted by Gasteiger charge is 2.22. The van der Waals surface area contributed by atoms with Crippen LogP contribution >= 0.6 is 11.6 Å². The van der Waals surface area contributed by atoms with E-state index in [2.05, 4.69) is 15.5 Å². The van der Waals surface area contributed by atoms with Gasteiger partial charge in [-0.2, -0.15) is 0 Å². The van der Waals surface area contributed by atoms with Gasteiger partial charge in [0.15, 0.2) is 0 Å². The van der Waals surface area contributed by atoms with Gasteiger partial charge in [-0.1, -0.05) is 28.9 Å². The fourth-order valence-corrected chi connectivity index (χ4v) is 3.63. The van der Waals surface area contributed by atoms with Crippen LogP contribution in [0.2, 0.25) is 5.02 Å². The van der Waals surface area contributed by atoms with E-state index in [0.29, 0.717) is 33.1 Å². The molecule has 1 amide bonds. The number of nitrogens with one attached hydrogen (secondary N) is 1. The predicted octanol–water partition coefficient (Wildman–Crippen LogP) is 5.55. The number of hydrogen-bond acceptors (Lipinski definition) is 5. The monoisotopic (exact) mass is 409 g/mol. The van der Waals surface area contributed by atoms with Crippen molar-refractivity contribution in [1.82, 2.24) is 15.5 Å². The number of aromatic nitrogens is 2. The highest BCUT2D eigenvalue weighted by atomic mass is 35.5. The molecular formula is C22H20ClN3O3. The number of rotatable bonds is 4. The molecule has 4 rings (SSSR count). The summed E-state index contributed by atoms with van der Waals surface area (Å²) in [7, 11) is 0. The number of carbonyl (C=O) groups is 1. The molecule has 0 saturated heterocycles. The van der Waals surface area contributed by atoms with Crippen LogP contribution in [0.15, 0.2) is 45.3 Å². The van der Waals surface area contributed by atoms with Gasteiger partial charge in [0.25, 0.3) is 11.6 Å². The topological polar surface area (TPSA) is 81.2 Å². The molecule has 0 aliphatic heterocycles. The third kappa shape index (κ3) is 3.63. The SMILES string of the molecule is Cc1cc(-c2cc(C(=O)NC(C)c3cccc(Cl)c3)c3c(C)noc3n2)c(C)o1. The van der Waals surface area contributed by atoms with Gasteiger partial charge in [0.1, 0.15) is 11.5 Å². The third-order valence-corrected chi connectivity index (χ3v) is 5.11. The Morgan fingerprint density at radius 1 is 1.17 bits per heavy atom. The zero-order valence-corrected chi connectivity index (χ0v) is 17.3. The number of benzene rings is 1. The lowest BCUT2D eigenvalue weighted by Crippen LogP contribution is -2.27. The fourth-order valence-electron chi connectivity index (χ4n) is 3.43. The molecule has 0 radical (unpaired) electrons. The van der Waals surface area contributed by atoms with Crippen molar-refractivity contribution >= 4 is 28.6 Å². The van der Waals surface area contributed by atoms with E-state index in [1.807, 2.05) is 45.0 Å². The van der Waals surface area contributed by atoms with Crippen molar-refractivity contribution in [2.75, 3.05) is 0 Å². The maximum Gasteiger partial charge on any atom is 0.259 e. The van der Waals surface area contributed by atoms with Gasteiger partial charge in [-0.15, -0.1) is 0 Å². The van der Waals surface area contributed by atoms with E-state index in [9.17, 15) is 4.79 Å². The second-order valence-electron chi connectivity index (χ2n) is 7.08. The normalized spacial score (nSPS) is 12.3. The Morgan fingerprint density at radius 2 is 1.97 bits per heavy atom. The molecule has 7 heteroatoms. The van der Waals surface area contributed by atoms with Crippen LogP contribution in [0.4, 0.5) is 0 Å². The summed E-state index contributed by atoms with van der Waals surface area (Å²) >= 11 is 6.08. The van der Waals surface area contributed by atoms with Gasteiger partial charge in [0.05, 0.1) is 28.4 Å². The van der Waals surface area contributed by atoms with Crippen molar-refractivity contribution in [1.29, 1.82) is 0 Å². The lowest BCUT2D eigenvalue weighted by molar-refractivity contribution is 0.0941. The van der Waals surface area contributed by atoms with Crippen LogP contribution in [0.5, 0.6) is 0 Å². The Labute approximate surface area is 172 Å². The molecule has 29 heavy (non-hydrogen) atoms. The number of amides is 1. The molecule has 0 aliphatic rings. The van der Waals surface area contributed by atoms with E-state index in [1.165, 1.54) is 0 Å². The Hall–Kier alpha value is -3.12. The van der Waals surface area contributed by atoms with Crippen LogP contribution < -0.4 is 5.32 Å². The van der Waals surface area contributed by atoms with Crippen molar-refractivity contribution in [3.63, 3.8) is 0 Å². The number of pyridine rings is 1. The molecule has 3 aromatic heterocycles. The molecule has 3 heterocycles. The summed E-state index contributed by atoms with van der Waals surface area (Å²) < 4.78 is 11.0. The standard InChI is InChI=1S/C22H20ClN3O3/c1-11-8-17(14(4)28-11)19-10-18(20-13(3)26-29-22(20)25-19)21(27)24-12(2)15-6-5-7-16(23)9-15/h5-10,12H,1-4H3,(H,24,27).